The smallest absolute Gasteiger partial charge is 0.257 e. The van der Waals surface area contributed by atoms with E-state index in [1.807, 2.05) is 9.80 Å². The second kappa shape index (κ2) is 6.73. The Morgan fingerprint density at radius 2 is 1.80 bits per heavy atom. The maximum atomic E-state index is 13.1. The number of nitrogens with zero attached hydrogens (tertiary/aromatic N) is 4. The third kappa shape index (κ3) is 3.39. The van der Waals surface area contributed by atoms with E-state index in [2.05, 4.69) is 9.97 Å². The topological polar surface area (TPSA) is 66.4 Å². The van der Waals surface area contributed by atoms with Crippen molar-refractivity contribution in [2.24, 2.45) is 5.92 Å². The van der Waals surface area contributed by atoms with Crippen molar-refractivity contribution in [3.8, 4) is 0 Å². The predicted molar refractivity (Wildman–Crippen MR) is 93.0 cm³/mol. The summed E-state index contributed by atoms with van der Waals surface area (Å²) in [6, 6.07) is 0.230. The zero-order valence-electron chi connectivity index (χ0n) is 14.9. The number of amides is 2. The fourth-order valence-corrected chi connectivity index (χ4v) is 4.27. The molecule has 0 unspecified atom stereocenters. The number of carbonyl (C=O) groups is 2. The van der Waals surface area contributed by atoms with Crippen molar-refractivity contribution in [2.75, 3.05) is 19.6 Å². The molecule has 3 fully saturated rings. The van der Waals surface area contributed by atoms with Crippen molar-refractivity contribution < 1.29 is 9.59 Å². The van der Waals surface area contributed by atoms with Crippen LogP contribution in [0.15, 0.2) is 12.4 Å². The summed E-state index contributed by atoms with van der Waals surface area (Å²) in [6.45, 7) is 3.96. The highest BCUT2D eigenvalue weighted by molar-refractivity contribution is 5.94. The zero-order valence-corrected chi connectivity index (χ0v) is 14.9. The molecule has 0 radical (unpaired) electrons. The molecule has 25 heavy (non-hydrogen) atoms. The van der Waals surface area contributed by atoms with Crippen LogP contribution in [-0.2, 0) is 4.79 Å². The van der Waals surface area contributed by atoms with E-state index in [-0.39, 0.29) is 17.9 Å². The number of aromatic nitrogens is 2. The third-order valence-corrected chi connectivity index (χ3v) is 5.89. The maximum absolute atomic E-state index is 13.1. The number of piperidine rings is 1. The lowest BCUT2D eigenvalue weighted by Crippen LogP contribution is -2.53. The molecule has 6 nitrogen and oxygen atoms in total. The second-order valence-electron chi connectivity index (χ2n) is 7.68. The lowest BCUT2D eigenvalue weighted by molar-refractivity contribution is -0.131. The van der Waals surface area contributed by atoms with Crippen molar-refractivity contribution in [3.05, 3.63) is 23.8 Å². The molecule has 0 spiro atoms. The normalized spacial score (nSPS) is 26.8. The van der Waals surface area contributed by atoms with E-state index in [1.165, 1.54) is 0 Å². The summed E-state index contributed by atoms with van der Waals surface area (Å²) in [5, 5.41) is 0. The van der Waals surface area contributed by atoms with Gasteiger partial charge in [-0.2, -0.15) is 0 Å². The third-order valence-electron chi connectivity index (χ3n) is 5.89. The van der Waals surface area contributed by atoms with Crippen LogP contribution in [0, 0.1) is 5.92 Å². The molecule has 0 bridgehead atoms. The first-order valence-corrected chi connectivity index (χ1v) is 9.52. The SMILES string of the molecule is CC(=O)N1CC[C@@H]2[C@@H](CCCCN2C(=O)c2cnc(C3CC3)nc2)C1. The first-order valence-electron chi connectivity index (χ1n) is 9.52. The monoisotopic (exact) mass is 342 g/mol. The molecule has 3 heterocycles. The number of likely N-dealkylation sites (tertiary alicyclic amines) is 2. The Morgan fingerprint density at radius 3 is 2.48 bits per heavy atom. The molecule has 1 aromatic heterocycles. The summed E-state index contributed by atoms with van der Waals surface area (Å²) in [6.07, 6.45) is 9.84. The Balaban J connectivity index is 1.51. The highest BCUT2D eigenvalue weighted by Crippen LogP contribution is 2.37. The minimum Gasteiger partial charge on any atom is -0.343 e. The Kier molecular flexibility index (Phi) is 4.44. The quantitative estimate of drug-likeness (QED) is 0.826. The Bertz CT molecular complexity index is 656. The maximum Gasteiger partial charge on any atom is 0.257 e. The van der Waals surface area contributed by atoms with E-state index in [0.717, 1.165) is 64.0 Å². The molecule has 4 rings (SSSR count). The van der Waals surface area contributed by atoms with Gasteiger partial charge in [0.15, 0.2) is 0 Å². The summed E-state index contributed by atoms with van der Waals surface area (Å²) < 4.78 is 0. The average Bonchev–Trinajstić information content (AvgIpc) is 3.47. The molecule has 1 aromatic rings. The van der Waals surface area contributed by atoms with Crippen LogP contribution < -0.4 is 0 Å². The van der Waals surface area contributed by atoms with Gasteiger partial charge in [-0.15, -0.1) is 0 Å². The van der Waals surface area contributed by atoms with E-state index in [4.69, 9.17) is 0 Å². The van der Waals surface area contributed by atoms with Crippen LogP contribution in [0.1, 0.15) is 67.5 Å². The van der Waals surface area contributed by atoms with Gasteiger partial charge in [0.05, 0.1) is 5.56 Å². The van der Waals surface area contributed by atoms with Crippen LogP contribution in [0.3, 0.4) is 0 Å². The minimum atomic E-state index is 0.0514. The van der Waals surface area contributed by atoms with Gasteiger partial charge in [-0.1, -0.05) is 6.42 Å². The summed E-state index contributed by atoms with van der Waals surface area (Å²) in [4.78, 5) is 37.6. The van der Waals surface area contributed by atoms with E-state index in [9.17, 15) is 9.59 Å². The largest absolute Gasteiger partial charge is 0.343 e. The van der Waals surface area contributed by atoms with Gasteiger partial charge in [0, 0.05) is 50.9 Å². The van der Waals surface area contributed by atoms with Gasteiger partial charge >= 0.3 is 0 Å². The van der Waals surface area contributed by atoms with Gasteiger partial charge < -0.3 is 9.80 Å². The molecular formula is C19H26N4O2. The fraction of sp³-hybridized carbons (Fsp3) is 0.684. The highest BCUT2D eigenvalue weighted by atomic mass is 16.2. The molecule has 3 aliphatic rings. The Morgan fingerprint density at radius 1 is 1.04 bits per heavy atom. The van der Waals surface area contributed by atoms with Crippen molar-refractivity contribution in [2.45, 2.75) is 57.4 Å². The number of hydrogen-bond acceptors (Lipinski definition) is 4. The average molecular weight is 342 g/mol. The predicted octanol–water partition coefficient (Wildman–Crippen LogP) is 2.22. The molecule has 2 atom stereocenters. The van der Waals surface area contributed by atoms with E-state index in [1.54, 1.807) is 19.3 Å². The second-order valence-corrected chi connectivity index (χ2v) is 7.68. The number of carbonyl (C=O) groups excluding carboxylic acids is 2. The van der Waals surface area contributed by atoms with Crippen molar-refractivity contribution in [1.29, 1.82) is 0 Å². The van der Waals surface area contributed by atoms with Gasteiger partial charge in [0.25, 0.3) is 5.91 Å². The highest BCUT2D eigenvalue weighted by Gasteiger charge is 2.38. The molecule has 134 valence electrons. The molecule has 0 aromatic carbocycles. The van der Waals surface area contributed by atoms with Crippen LogP contribution >= 0.6 is 0 Å². The molecule has 2 aliphatic heterocycles. The van der Waals surface area contributed by atoms with Gasteiger partial charge in [-0.3, -0.25) is 9.59 Å². The summed E-state index contributed by atoms with van der Waals surface area (Å²) in [7, 11) is 0. The lowest BCUT2D eigenvalue weighted by Gasteiger charge is -2.42. The molecule has 1 aliphatic carbocycles. The first kappa shape index (κ1) is 16.5. The number of fused-ring (bicyclic) bond motifs is 1. The molecule has 2 saturated heterocycles. The summed E-state index contributed by atoms with van der Waals surface area (Å²) in [5.74, 6) is 1.96. The van der Waals surface area contributed by atoms with Crippen molar-refractivity contribution in [3.63, 3.8) is 0 Å². The van der Waals surface area contributed by atoms with Crippen LogP contribution in [0.25, 0.3) is 0 Å². The zero-order chi connectivity index (χ0) is 17.4. The lowest BCUT2D eigenvalue weighted by atomic mass is 9.88. The van der Waals surface area contributed by atoms with Crippen LogP contribution in [0.5, 0.6) is 0 Å². The summed E-state index contributed by atoms with van der Waals surface area (Å²) in [5.41, 5.74) is 0.596. The van der Waals surface area contributed by atoms with Gasteiger partial charge in [-0.05, 0) is 38.0 Å². The standard InChI is InChI=1S/C19H26N4O2/c1-13(24)22-9-7-17-15(12-22)4-2-3-8-23(17)19(25)16-10-20-18(21-11-16)14-5-6-14/h10-11,14-15,17H,2-9,12H2,1H3/t15-,17+/m0/s1. The first-order chi connectivity index (χ1) is 12.1. The van der Waals surface area contributed by atoms with E-state index >= 15 is 0 Å². The molecule has 2 amide bonds. The van der Waals surface area contributed by atoms with Crippen LogP contribution in [0.4, 0.5) is 0 Å². The molecule has 1 saturated carbocycles. The van der Waals surface area contributed by atoms with E-state index < -0.39 is 0 Å². The Hall–Kier alpha value is -1.98. The van der Waals surface area contributed by atoms with E-state index in [0.29, 0.717) is 17.4 Å². The van der Waals surface area contributed by atoms with Gasteiger partial charge in [0.2, 0.25) is 5.91 Å². The molecule has 0 N–H and O–H groups in total. The van der Waals surface area contributed by atoms with Crippen LogP contribution in [-0.4, -0.2) is 57.3 Å². The molecule has 6 heteroatoms. The van der Waals surface area contributed by atoms with Crippen molar-refractivity contribution >= 4 is 11.8 Å². The minimum absolute atomic E-state index is 0.0514. The van der Waals surface area contributed by atoms with Gasteiger partial charge in [-0.25, -0.2) is 9.97 Å². The Labute approximate surface area is 148 Å². The van der Waals surface area contributed by atoms with Crippen molar-refractivity contribution in [1.82, 2.24) is 19.8 Å². The fourth-order valence-electron chi connectivity index (χ4n) is 4.27. The summed E-state index contributed by atoms with van der Waals surface area (Å²) >= 11 is 0. The van der Waals surface area contributed by atoms with Gasteiger partial charge in [0.1, 0.15) is 5.82 Å². The number of rotatable bonds is 2. The van der Waals surface area contributed by atoms with Crippen LogP contribution in [0.2, 0.25) is 0 Å². The number of hydrogen-bond donors (Lipinski definition) is 0. The molecular weight excluding hydrogens is 316 g/mol.